The summed E-state index contributed by atoms with van der Waals surface area (Å²) in [7, 11) is 2.38. The number of nitro groups is 2. The SMILES string of the molecule is COC(=O)C1=C(C)NC(C)=C([N+](=O)[O-])C1c1cccc2c1no[n+]2[O-].COC(=O)C1=C(C)NC(C)=C([N+](=O)[O-])C1c1cccc2no[n+]([O-])c12. The van der Waals surface area contributed by atoms with Gasteiger partial charge in [0.05, 0.1) is 46.6 Å². The van der Waals surface area contributed by atoms with Crippen LogP contribution in [0, 0.1) is 30.6 Å². The molecule has 4 heterocycles. The molecule has 2 unspecified atom stereocenters. The number of nitrogens with one attached hydrogen (secondary N) is 2. The molecule has 2 aromatic carbocycles. The fourth-order valence-electron chi connectivity index (χ4n) is 6.14. The maximum absolute atomic E-state index is 12.3. The first-order valence-electron chi connectivity index (χ1n) is 14.5. The number of hydrogen-bond acceptors (Lipinski definition) is 16. The molecule has 0 radical (unpaired) electrons. The Hall–Kier alpha value is -6.86. The van der Waals surface area contributed by atoms with Crippen LogP contribution in [0.1, 0.15) is 50.7 Å². The van der Waals surface area contributed by atoms with Crippen molar-refractivity contribution in [3.8, 4) is 0 Å². The first-order chi connectivity index (χ1) is 23.7. The summed E-state index contributed by atoms with van der Waals surface area (Å²) in [6.07, 6.45) is 0. The first kappa shape index (κ1) is 34.5. The Kier molecular flexibility index (Phi) is 9.19. The number of methoxy groups -OCH3 is 2. The first-order valence-corrected chi connectivity index (χ1v) is 14.5. The maximum Gasteiger partial charge on any atom is 0.336 e. The van der Waals surface area contributed by atoms with Gasteiger partial charge in [0.25, 0.3) is 16.9 Å². The summed E-state index contributed by atoms with van der Waals surface area (Å²) >= 11 is 0. The summed E-state index contributed by atoms with van der Waals surface area (Å²) in [5.41, 5.74) is 2.10. The van der Waals surface area contributed by atoms with Gasteiger partial charge < -0.3 is 30.5 Å². The van der Waals surface area contributed by atoms with Crippen molar-refractivity contribution < 1.29 is 48.0 Å². The Labute approximate surface area is 280 Å². The summed E-state index contributed by atoms with van der Waals surface area (Å²) in [4.78, 5) is 47.2. The fraction of sp³-hybridized carbons (Fsp3) is 0.267. The van der Waals surface area contributed by atoms with Gasteiger partial charge in [-0.15, -0.1) is 0 Å². The molecular formula is C30H28N8O12. The smallest absolute Gasteiger partial charge is 0.336 e. The largest absolute Gasteiger partial charge is 0.466 e. The fourth-order valence-corrected chi connectivity index (χ4v) is 6.14. The maximum atomic E-state index is 12.3. The highest BCUT2D eigenvalue weighted by atomic mass is 16.8. The van der Waals surface area contributed by atoms with Gasteiger partial charge in [0.1, 0.15) is 11.8 Å². The van der Waals surface area contributed by atoms with Crippen LogP contribution in [0.2, 0.25) is 0 Å². The third-order valence-electron chi connectivity index (χ3n) is 8.17. The van der Waals surface area contributed by atoms with Crippen LogP contribution in [-0.4, -0.2) is 46.3 Å². The molecule has 0 saturated carbocycles. The molecule has 2 aliphatic rings. The molecular weight excluding hydrogens is 664 g/mol. The van der Waals surface area contributed by atoms with Crippen LogP contribution in [-0.2, 0) is 19.1 Å². The number of para-hydroxylation sites is 1. The van der Waals surface area contributed by atoms with E-state index in [1.165, 1.54) is 39.3 Å². The van der Waals surface area contributed by atoms with Crippen molar-refractivity contribution >= 4 is 34.0 Å². The molecule has 0 aliphatic carbocycles. The number of hydrogen-bond donors (Lipinski definition) is 2. The predicted octanol–water partition coefficient (Wildman–Crippen LogP) is 2.21. The van der Waals surface area contributed by atoms with Crippen LogP contribution in [0.3, 0.4) is 0 Å². The molecule has 20 nitrogen and oxygen atoms in total. The molecule has 6 rings (SSSR count). The lowest BCUT2D eigenvalue weighted by atomic mass is 9.83. The second-order valence-corrected chi connectivity index (χ2v) is 11.0. The second-order valence-electron chi connectivity index (χ2n) is 11.0. The van der Waals surface area contributed by atoms with Gasteiger partial charge in [0.2, 0.25) is 16.6 Å². The third kappa shape index (κ3) is 5.77. The number of nitrogens with zero attached hydrogens (tertiary/aromatic N) is 6. The van der Waals surface area contributed by atoms with Crippen LogP contribution in [0.4, 0.5) is 0 Å². The minimum Gasteiger partial charge on any atom is -0.466 e. The quantitative estimate of drug-likeness (QED) is 0.127. The van der Waals surface area contributed by atoms with Crippen molar-refractivity contribution in [2.45, 2.75) is 39.5 Å². The minimum absolute atomic E-state index is 0.0238. The van der Waals surface area contributed by atoms with Crippen molar-refractivity contribution in [3.63, 3.8) is 0 Å². The topological polar surface area (TPSA) is 269 Å². The number of benzene rings is 2. The Balaban J connectivity index is 0.000000194. The van der Waals surface area contributed by atoms with E-state index >= 15 is 0 Å². The molecule has 2 aromatic heterocycles. The number of allylic oxidation sites excluding steroid dienone is 6. The van der Waals surface area contributed by atoms with E-state index in [1.54, 1.807) is 39.0 Å². The molecule has 0 amide bonds. The van der Waals surface area contributed by atoms with Gasteiger partial charge in [0, 0.05) is 32.8 Å². The zero-order valence-corrected chi connectivity index (χ0v) is 27.2. The monoisotopic (exact) mass is 692 g/mol. The molecule has 4 aromatic rings. The van der Waals surface area contributed by atoms with Crippen molar-refractivity contribution in [3.05, 3.63) is 123 Å². The summed E-state index contributed by atoms with van der Waals surface area (Å²) in [5, 5.41) is 60.0. The zero-order chi connectivity index (χ0) is 36.6. The highest BCUT2D eigenvalue weighted by Gasteiger charge is 2.44. The van der Waals surface area contributed by atoms with Crippen molar-refractivity contribution in [2.24, 2.45) is 0 Å². The lowest BCUT2D eigenvalue weighted by Crippen LogP contribution is -2.33. The lowest BCUT2D eigenvalue weighted by molar-refractivity contribution is -0.782. The van der Waals surface area contributed by atoms with E-state index in [0.717, 1.165) is 0 Å². The van der Waals surface area contributed by atoms with Crippen molar-refractivity contribution in [2.75, 3.05) is 14.2 Å². The van der Waals surface area contributed by atoms with Crippen LogP contribution in [0.5, 0.6) is 0 Å². The summed E-state index contributed by atoms with van der Waals surface area (Å²) in [5.74, 6) is -3.60. The number of dihydropyridines is 2. The summed E-state index contributed by atoms with van der Waals surface area (Å²) < 4.78 is 18.8. The van der Waals surface area contributed by atoms with Crippen LogP contribution in [0.25, 0.3) is 22.1 Å². The molecule has 0 fully saturated rings. The molecule has 2 N–H and O–H groups in total. The zero-order valence-electron chi connectivity index (χ0n) is 27.2. The van der Waals surface area contributed by atoms with Gasteiger partial charge in [-0.25, -0.2) is 9.59 Å². The molecule has 0 spiro atoms. The summed E-state index contributed by atoms with van der Waals surface area (Å²) in [6.45, 7) is 6.30. The Morgan fingerprint density at radius 1 is 0.740 bits per heavy atom. The predicted molar refractivity (Wildman–Crippen MR) is 167 cm³/mol. The molecule has 260 valence electrons. The molecule has 2 aliphatic heterocycles. The Morgan fingerprint density at radius 2 is 1.22 bits per heavy atom. The van der Waals surface area contributed by atoms with E-state index in [1.807, 2.05) is 0 Å². The molecule has 2 atom stereocenters. The van der Waals surface area contributed by atoms with E-state index in [9.17, 15) is 40.2 Å². The lowest BCUT2D eigenvalue weighted by Gasteiger charge is -2.25. The molecule has 0 bridgehead atoms. The standard InChI is InChI=1S/2C15H14N4O6/c1-7-11(15(20)24-3)12(14(18(21)22)8(2)16-7)9-5-4-6-10-13(9)17-25-19(10)23;1-7-11(15(20)24-3)12(13(18(21)22)8(2)16-7)9-5-4-6-10-14(9)19(23)25-17-10/h2*4-6,12,16H,1-3H3. The highest BCUT2D eigenvalue weighted by Crippen LogP contribution is 2.42. The minimum atomic E-state index is -1.10. The number of fused-ring (bicyclic) bond motifs is 2. The average Bonchev–Trinajstić information content (AvgIpc) is 3.65. The summed E-state index contributed by atoms with van der Waals surface area (Å²) in [6, 6.07) is 9.22. The molecule has 0 saturated heterocycles. The molecule has 50 heavy (non-hydrogen) atoms. The third-order valence-corrected chi connectivity index (χ3v) is 8.17. The number of carbonyl (C=O) groups excluding carboxylic acids is 2. The Morgan fingerprint density at radius 3 is 1.74 bits per heavy atom. The highest BCUT2D eigenvalue weighted by molar-refractivity contribution is 5.94. The number of carbonyl (C=O) groups is 2. The number of aromatic nitrogens is 4. The van der Waals surface area contributed by atoms with Gasteiger partial charge in [-0.1, -0.05) is 24.3 Å². The van der Waals surface area contributed by atoms with E-state index < -0.39 is 33.6 Å². The van der Waals surface area contributed by atoms with E-state index in [-0.39, 0.29) is 71.4 Å². The molecule has 20 heteroatoms. The van der Waals surface area contributed by atoms with Gasteiger partial charge in [0.15, 0.2) is 0 Å². The number of ether oxygens (including phenoxy) is 2. The van der Waals surface area contributed by atoms with Crippen molar-refractivity contribution in [1.82, 2.24) is 20.9 Å². The van der Waals surface area contributed by atoms with Gasteiger partial charge in [-0.3, -0.25) is 29.5 Å². The van der Waals surface area contributed by atoms with E-state index in [0.29, 0.717) is 17.0 Å². The van der Waals surface area contributed by atoms with Crippen molar-refractivity contribution in [1.29, 1.82) is 0 Å². The van der Waals surface area contributed by atoms with E-state index in [4.69, 9.17) is 9.47 Å². The second kappa shape index (κ2) is 13.3. The van der Waals surface area contributed by atoms with Gasteiger partial charge in [-0.2, -0.15) is 0 Å². The number of rotatable bonds is 6. The van der Waals surface area contributed by atoms with Gasteiger partial charge in [-0.05, 0) is 49.6 Å². The average molecular weight is 693 g/mol. The number of esters is 2. The normalized spacial score (nSPS) is 17.6. The van der Waals surface area contributed by atoms with Gasteiger partial charge >= 0.3 is 11.9 Å². The van der Waals surface area contributed by atoms with Crippen LogP contribution < -0.4 is 20.4 Å². The van der Waals surface area contributed by atoms with E-state index in [2.05, 4.69) is 30.2 Å². The van der Waals surface area contributed by atoms with Crippen LogP contribution in [0.15, 0.2) is 91.0 Å². The van der Waals surface area contributed by atoms with Crippen LogP contribution >= 0.6 is 0 Å². The Bertz CT molecular complexity index is 2230.